The van der Waals surface area contributed by atoms with Gasteiger partial charge in [0.05, 0.1) is 0 Å². The van der Waals surface area contributed by atoms with Crippen LogP contribution in [0.1, 0.15) is 17.7 Å². The third kappa shape index (κ3) is 3.20. The lowest BCUT2D eigenvalue weighted by Gasteiger charge is -2.21. The molecule has 0 saturated carbocycles. The van der Waals surface area contributed by atoms with Crippen molar-refractivity contribution in [2.75, 3.05) is 5.75 Å². The second-order valence-corrected chi connectivity index (χ2v) is 7.02. The molecule has 0 amide bonds. The summed E-state index contributed by atoms with van der Waals surface area (Å²) in [5, 5.41) is 2.82. The van der Waals surface area contributed by atoms with Crippen LogP contribution in [0.4, 0.5) is 0 Å². The monoisotopic (exact) mass is 306 g/mol. The van der Waals surface area contributed by atoms with Crippen LogP contribution in [-0.4, -0.2) is 17.0 Å². The first-order valence-corrected chi connectivity index (χ1v) is 7.82. The molecule has 2 rings (SSSR count). The number of thioether (sulfide) groups is 1. The zero-order chi connectivity index (χ0) is 10.7. The average Bonchev–Trinajstić information content (AvgIpc) is 2.85. The molecule has 0 bridgehead atoms. The van der Waals surface area contributed by atoms with E-state index in [4.69, 9.17) is 5.84 Å². The van der Waals surface area contributed by atoms with E-state index in [0.717, 1.165) is 6.42 Å². The van der Waals surface area contributed by atoms with Crippen molar-refractivity contribution < 1.29 is 0 Å². The van der Waals surface area contributed by atoms with Crippen LogP contribution < -0.4 is 11.3 Å². The predicted molar refractivity (Wildman–Crippen MR) is 72.3 cm³/mol. The minimum Gasteiger partial charge on any atom is -0.271 e. The van der Waals surface area contributed by atoms with Gasteiger partial charge >= 0.3 is 0 Å². The minimum absolute atomic E-state index is 0.419. The largest absolute Gasteiger partial charge is 0.271 e. The van der Waals surface area contributed by atoms with E-state index < -0.39 is 0 Å². The van der Waals surface area contributed by atoms with Crippen LogP contribution in [0.2, 0.25) is 0 Å². The molecule has 2 unspecified atom stereocenters. The molecule has 0 aromatic carbocycles. The molecule has 1 aliphatic heterocycles. The summed E-state index contributed by atoms with van der Waals surface area (Å²) < 4.78 is 1.18. The van der Waals surface area contributed by atoms with E-state index in [1.54, 1.807) is 11.3 Å². The van der Waals surface area contributed by atoms with Crippen LogP contribution in [0.15, 0.2) is 15.9 Å². The van der Waals surface area contributed by atoms with Crippen molar-refractivity contribution in [3.8, 4) is 0 Å². The zero-order valence-corrected chi connectivity index (χ0v) is 11.6. The molecule has 3 N–H and O–H groups in total. The molecule has 2 atom stereocenters. The van der Waals surface area contributed by atoms with E-state index in [1.807, 2.05) is 0 Å². The normalized spacial score (nSPS) is 23.2. The number of nitrogens with one attached hydrogen (secondary N) is 1. The molecule has 0 spiro atoms. The predicted octanol–water partition coefficient (Wildman–Crippen LogP) is 2.78. The highest BCUT2D eigenvalue weighted by Gasteiger charge is 2.25. The molecule has 1 fully saturated rings. The van der Waals surface area contributed by atoms with Crippen molar-refractivity contribution in [2.45, 2.75) is 30.6 Å². The van der Waals surface area contributed by atoms with Gasteiger partial charge in [-0.05, 0) is 47.0 Å². The molecule has 0 radical (unpaired) electrons. The Morgan fingerprint density at radius 3 is 3.07 bits per heavy atom. The number of hydrogen-bond acceptors (Lipinski definition) is 4. The van der Waals surface area contributed by atoms with E-state index in [0.29, 0.717) is 11.3 Å². The van der Waals surface area contributed by atoms with Gasteiger partial charge in [-0.15, -0.1) is 11.3 Å². The molecule has 5 heteroatoms. The SMILES string of the molecule is NNC(Cc1cc(Br)cs1)C1CCCS1. The number of hydrogen-bond donors (Lipinski definition) is 2. The first kappa shape index (κ1) is 11.9. The molecule has 1 aromatic heterocycles. The summed E-state index contributed by atoms with van der Waals surface area (Å²) in [5.74, 6) is 6.93. The Bertz CT molecular complexity index is 310. The Labute approximate surface area is 107 Å². The average molecular weight is 307 g/mol. The maximum Gasteiger partial charge on any atom is 0.0377 e. The molecule has 15 heavy (non-hydrogen) atoms. The summed E-state index contributed by atoms with van der Waals surface area (Å²) in [6.45, 7) is 0. The van der Waals surface area contributed by atoms with Crippen LogP contribution in [0.25, 0.3) is 0 Å². The summed E-state index contributed by atoms with van der Waals surface area (Å²) >= 11 is 7.33. The standard InChI is InChI=1S/C10H15BrN2S2/c11-7-4-8(15-6-7)5-9(13-12)10-2-1-3-14-10/h4,6,9-10,13H,1-3,5,12H2. The van der Waals surface area contributed by atoms with Crippen LogP contribution in [0.5, 0.6) is 0 Å². The zero-order valence-electron chi connectivity index (χ0n) is 8.41. The topological polar surface area (TPSA) is 38.0 Å². The Morgan fingerprint density at radius 2 is 2.53 bits per heavy atom. The summed E-state index contributed by atoms with van der Waals surface area (Å²) in [6, 6.07) is 2.61. The fraction of sp³-hybridized carbons (Fsp3) is 0.600. The van der Waals surface area contributed by atoms with Crippen LogP contribution in [-0.2, 0) is 6.42 Å². The summed E-state index contributed by atoms with van der Waals surface area (Å²) in [6.07, 6.45) is 3.68. The van der Waals surface area contributed by atoms with Gasteiger partial charge in [0.2, 0.25) is 0 Å². The molecule has 84 valence electrons. The lowest BCUT2D eigenvalue weighted by molar-refractivity contribution is 0.498. The third-order valence-corrected chi connectivity index (χ3v) is 5.91. The van der Waals surface area contributed by atoms with Gasteiger partial charge < -0.3 is 0 Å². The smallest absolute Gasteiger partial charge is 0.0377 e. The maximum absolute atomic E-state index is 5.64. The Balaban J connectivity index is 1.95. The second kappa shape index (κ2) is 5.68. The lowest BCUT2D eigenvalue weighted by atomic mass is 10.1. The van der Waals surface area contributed by atoms with Crippen molar-refractivity contribution in [2.24, 2.45) is 5.84 Å². The molecular weight excluding hydrogens is 292 g/mol. The number of hydrazine groups is 1. The molecule has 0 aliphatic carbocycles. The maximum atomic E-state index is 5.64. The molecular formula is C10H15BrN2S2. The molecule has 2 nitrogen and oxygen atoms in total. The number of halogens is 1. The summed E-state index contributed by atoms with van der Waals surface area (Å²) in [4.78, 5) is 1.40. The second-order valence-electron chi connectivity index (χ2n) is 3.76. The van der Waals surface area contributed by atoms with Gasteiger partial charge in [0.15, 0.2) is 0 Å². The van der Waals surface area contributed by atoms with Crippen LogP contribution in [0.3, 0.4) is 0 Å². The molecule has 1 aliphatic rings. The van der Waals surface area contributed by atoms with Crippen molar-refractivity contribution in [3.05, 3.63) is 20.8 Å². The Kier molecular flexibility index (Phi) is 4.52. The van der Waals surface area contributed by atoms with Crippen LogP contribution >= 0.6 is 39.0 Å². The van der Waals surface area contributed by atoms with Gasteiger partial charge in [-0.2, -0.15) is 11.8 Å². The number of thiophene rings is 1. The highest BCUT2D eigenvalue weighted by atomic mass is 79.9. The van der Waals surface area contributed by atoms with Gasteiger partial charge in [-0.25, -0.2) is 0 Å². The van der Waals surface area contributed by atoms with Crippen molar-refractivity contribution in [1.82, 2.24) is 5.43 Å². The fourth-order valence-electron chi connectivity index (χ4n) is 1.90. The molecule has 1 saturated heterocycles. The molecule has 2 heterocycles. The Morgan fingerprint density at radius 1 is 1.67 bits per heavy atom. The quantitative estimate of drug-likeness (QED) is 0.663. The highest BCUT2D eigenvalue weighted by molar-refractivity contribution is 9.10. The van der Waals surface area contributed by atoms with E-state index in [1.165, 1.54) is 27.9 Å². The van der Waals surface area contributed by atoms with Crippen LogP contribution in [0, 0.1) is 0 Å². The van der Waals surface area contributed by atoms with E-state index >= 15 is 0 Å². The fourth-order valence-corrected chi connectivity index (χ4v) is 4.78. The first-order valence-electron chi connectivity index (χ1n) is 5.10. The highest BCUT2D eigenvalue weighted by Crippen LogP contribution is 2.31. The number of rotatable bonds is 4. The van der Waals surface area contributed by atoms with Crippen molar-refractivity contribution in [3.63, 3.8) is 0 Å². The summed E-state index contributed by atoms with van der Waals surface area (Å²) in [7, 11) is 0. The molecule has 1 aromatic rings. The number of nitrogens with two attached hydrogens (primary N) is 1. The summed E-state index contributed by atoms with van der Waals surface area (Å²) in [5.41, 5.74) is 2.97. The van der Waals surface area contributed by atoms with E-state index in [2.05, 4.69) is 44.6 Å². The lowest BCUT2D eigenvalue weighted by Crippen LogP contribution is -2.43. The van der Waals surface area contributed by atoms with Gasteiger partial charge in [0, 0.05) is 26.0 Å². The van der Waals surface area contributed by atoms with E-state index in [-0.39, 0.29) is 0 Å². The van der Waals surface area contributed by atoms with Gasteiger partial charge in [-0.3, -0.25) is 11.3 Å². The van der Waals surface area contributed by atoms with Gasteiger partial charge in [-0.1, -0.05) is 0 Å². The van der Waals surface area contributed by atoms with Crippen molar-refractivity contribution >= 4 is 39.0 Å². The Hall–Kier alpha value is 0.450. The minimum atomic E-state index is 0.419. The first-order chi connectivity index (χ1) is 7.29. The van der Waals surface area contributed by atoms with Crippen molar-refractivity contribution in [1.29, 1.82) is 0 Å². The van der Waals surface area contributed by atoms with Gasteiger partial charge in [0.25, 0.3) is 0 Å². The van der Waals surface area contributed by atoms with Gasteiger partial charge in [0.1, 0.15) is 0 Å². The van der Waals surface area contributed by atoms with E-state index in [9.17, 15) is 0 Å². The third-order valence-electron chi connectivity index (χ3n) is 2.67.